The van der Waals surface area contributed by atoms with Crippen LogP contribution in [-0.4, -0.2) is 18.1 Å². The number of thiazole rings is 1. The minimum Gasteiger partial charge on any atom is -0.330 e. The summed E-state index contributed by atoms with van der Waals surface area (Å²) in [7, 11) is 0. The van der Waals surface area contributed by atoms with Crippen molar-refractivity contribution >= 4 is 11.3 Å². The molecule has 0 bridgehead atoms. The van der Waals surface area contributed by atoms with Gasteiger partial charge in [0.05, 0.1) is 5.54 Å². The van der Waals surface area contributed by atoms with Crippen molar-refractivity contribution in [3.8, 4) is 0 Å². The number of nitrogens with zero attached hydrogens (tertiary/aromatic N) is 1. The van der Waals surface area contributed by atoms with Crippen molar-refractivity contribution in [3.05, 3.63) is 16.6 Å². The molecule has 0 spiro atoms. The van der Waals surface area contributed by atoms with E-state index >= 15 is 0 Å². The second-order valence-electron chi connectivity index (χ2n) is 4.69. The average Bonchev–Trinajstić information content (AvgIpc) is 2.78. The highest BCUT2D eigenvalue weighted by molar-refractivity contribution is 7.09. The van der Waals surface area contributed by atoms with Crippen molar-refractivity contribution in [1.82, 2.24) is 10.3 Å². The van der Waals surface area contributed by atoms with E-state index in [4.69, 9.17) is 5.73 Å². The van der Waals surface area contributed by atoms with Gasteiger partial charge in [-0.3, -0.25) is 0 Å². The molecular formula is C12H23N3S. The molecule has 1 heterocycles. The maximum absolute atomic E-state index is 5.69. The van der Waals surface area contributed by atoms with Gasteiger partial charge in [0, 0.05) is 11.6 Å². The normalized spacial score (nSPS) is 14.0. The molecule has 0 aliphatic rings. The average molecular weight is 241 g/mol. The molecule has 3 nitrogen and oxygen atoms in total. The molecule has 0 fully saturated rings. The van der Waals surface area contributed by atoms with Gasteiger partial charge in [-0.25, -0.2) is 4.98 Å². The molecule has 16 heavy (non-hydrogen) atoms. The van der Waals surface area contributed by atoms with E-state index in [-0.39, 0.29) is 5.54 Å². The second kappa shape index (κ2) is 6.33. The molecule has 0 amide bonds. The van der Waals surface area contributed by atoms with Gasteiger partial charge in [-0.15, -0.1) is 11.3 Å². The number of nitrogens with two attached hydrogens (primary N) is 1. The summed E-state index contributed by atoms with van der Waals surface area (Å²) in [6.07, 6.45) is 4.16. The third-order valence-corrected chi connectivity index (χ3v) is 4.09. The lowest BCUT2D eigenvalue weighted by Crippen LogP contribution is -2.38. The first-order valence-electron chi connectivity index (χ1n) is 5.95. The van der Waals surface area contributed by atoms with Crippen LogP contribution < -0.4 is 11.1 Å². The van der Waals surface area contributed by atoms with Crippen molar-refractivity contribution < 1.29 is 0 Å². The number of rotatable bonds is 7. The zero-order valence-electron chi connectivity index (χ0n) is 10.5. The molecule has 0 aromatic carbocycles. The summed E-state index contributed by atoms with van der Waals surface area (Å²) in [6, 6.07) is 0. The fraction of sp³-hybridized carbons (Fsp3) is 0.750. The van der Waals surface area contributed by atoms with Gasteiger partial charge in [-0.05, 0) is 39.3 Å². The lowest BCUT2D eigenvalue weighted by Gasteiger charge is -2.25. The van der Waals surface area contributed by atoms with E-state index in [1.165, 1.54) is 0 Å². The van der Waals surface area contributed by atoms with E-state index in [2.05, 4.69) is 31.1 Å². The van der Waals surface area contributed by atoms with Gasteiger partial charge in [-0.2, -0.15) is 0 Å². The van der Waals surface area contributed by atoms with Gasteiger partial charge in [0.25, 0.3) is 0 Å². The SMILES string of the molecule is CCC(CN)CCNC(C)(C)c1nccs1. The Morgan fingerprint density at radius 1 is 1.56 bits per heavy atom. The van der Waals surface area contributed by atoms with Gasteiger partial charge in [0.15, 0.2) is 0 Å². The molecule has 1 atom stereocenters. The fourth-order valence-corrected chi connectivity index (χ4v) is 2.42. The number of hydrogen-bond acceptors (Lipinski definition) is 4. The van der Waals surface area contributed by atoms with E-state index < -0.39 is 0 Å². The Labute approximate surface area is 102 Å². The smallest absolute Gasteiger partial charge is 0.112 e. The molecule has 1 unspecified atom stereocenters. The summed E-state index contributed by atoms with van der Waals surface area (Å²) in [4.78, 5) is 4.36. The fourth-order valence-electron chi connectivity index (χ4n) is 1.69. The molecule has 0 saturated carbocycles. The summed E-state index contributed by atoms with van der Waals surface area (Å²) >= 11 is 1.70. The predicted octanol–water partition coefficient (Wildman–Crippen LogP) is 2.34. The van der Waals surface area contributed by atoms with Gasteiger partial charge < -0.3 is 11.1 Å². The highest BCUT2D eigenvalue weighted by Crippen LogP contribution is 2.22. The van der Waals surface area contributed by atoms with Crippen LogP contribution in [0.4, 0.5) is 0 Å². The Morgan fingerprint density at radius 3 is 2.81 bits per heavy atom. The Bertz CT molecular complexity index is 278. The molecule has 1 aromatic heterocycles. The van der Waals surface area contributed by atoms with Crippen molar-refractivity contribution in [2.45, 2.75) is 39.2 Å². The molecule has 1 aromatic rings. The molecule has 1 rings (SSSR count). The Balaban J connectivity index is 2.37. The molecule has 0 radical (unpaired) electrons. The van der Waals surface area contributed by atoms with Crippen LogP contribution in [0.15, 0.2) is 11.6 Å². The molecule has 0 aliphatic carbocycles. The predicted molar refractivity (Wildman–Crippen MR) is 70.6 cm³/mol. The van der Waals surface area contributed by atoms with Gasteiger partial charge >= 0.3 is 0 Å². The number of aromatic nitrogens is 1. The molecular weight excluding hydrogens is 218 g/mol. The summed E-state index contributed by atoms with van der Waals surface area (Å²) in [5.74, 6) is 0.639. The van der Waals surface area contributed by atoms with Crippen molar-refractivity contribution in [2.24, 2.45) is 11.7 Å². The van der Waals surface area contributed by atoms with Gasteiger partial charge in [0.2, 0.25) is 0 Å². The lowest BCUT2D eigenvalue weighted by molar-refractivity contribution is 0.366. The maximum atomic E-state index is 5.69. The highest BCUT2D eigenvalue weighted by Gasteiger charge is 2.22. The number of hydrogen-bond donors (Lipinski definition) is 2. The first-order valence-corrected chi connectivity index (χ1v) is 6.83. The van der Waals surface area contributed by atoms with E-state index in [1.807, 2.05) is 11.6 Å². The summed E-state index contributed by atoms with van der Waals surface area (Å²) in [5, 5.41) is 6.72. The summed E-state index contributed by atoms with van der Waals surface area (Å²) in [6.45, 7) is 8.34. The summed E-state index contributed by atoms with van der Waals surface area (Å²) < 4.78 is 0. The lowest BCUT2D eigenvalue weighted by atomic mass is 10.0. The van der Waals surface area contributed by atoms with Crippen molar-refractivity contribution in [1.29, 1.82) is 0 Å². The monoisotopic (exact) mass is 241 g/mol. The molecule has 3 N–H and O–H groups in total. The van der Waals surface area contributed by atoms with E-state index in [0.29, 0.717) is 5.92 Å². The number of nitrogens with one attached hydrogen (secondary N) is 1. The zero-order valence-corrected chi connectivity index (χ0v) is 11.3. The first kappa shape index (κ1) is 13.6. The van der Waals surface area contributed by atoms with Crippen LogP contribution >= 0.6 is 11.3 Å². The van der Waals surface area contributed by atoms with Gasteiger partial charge in [-0.1, -0.05) is 13.3 Å². The third-order valence-electron chi connectivity index (χ3n) is 3.00. The Kier molecular flexibility index (Phi) is 5.38. The van der Waals surface area contributed by atoms with Crippen LogP contribution in [0.3, 0.4) is 0 Å². The van der Waals surface area contributed by atoms with Crippen molar-refractivity contribution in [3.63, 3.8) is 0 Å². The standard InChI is InChI=1S/C12H23N3S/c1-4-10(9-13)5-6-15-12(2,3)11-14-7-8-16-11/h7-8,10,15H,4-6,9,13H2,1-3H3. The highest BCUT2D eigenvalue weighted by atomic mass is 32.1. The third kappa shape index (κ3) is 3.85. The van der Waals surface area contributed by atoms with Crippen LogP contribution in [-0.2, 0) is 5.54 Å². The first-order chi connectivity index (χ1) is 7.60. The second-order valence-corrected chi connectivity index (χ2v) is 5.58. The maximum Gasteiger partial charge on any atom is 0.112 e. The van der Waals surface area contributed by atoms with E-state index in [1.54, 1.807) is 11.3 Å². The topological polar surface area (TPSA) is 50.9 Å². The summed E-state index contributed by atoms with van der Waals surface area (Å²) in [5.41, 5.74) is 5.66. The molecule has 0 aliphatic heterocycles. The van der Waals surface area contributed by atoms with Gasteiger partial charge in [0.1, 0.15) is 5.01 Å². The van der Waals surface area contributed by atoms with Crippen LogP contribution in [0.1, 0.15) is 38.6 Å². The Morgan fingerprint density at radius 2 is 2.31 bits per heavy atom. The largest absolute Gasteiger partial charge is 0.330 e. The zero-order chi connectivity index (χ0) is 12.0. The Hall–Kier alpha value is -0.450. The van der Waals surface area contributed by atoms with Crippen LogP contribution in [0.25, 0.3) is 0 Å². The van der Waals surface area contributed by atoms with Crippen LogP contribution in [0, 0.1) is 5.92 Å². The minimum atomic E-state index is -0.0267. The van der Waals surface area contributed by atoms with E-state index in [0.717, 1.165) is 30.9 Å². The minimum absolute atomic E-state index is 0.0267. The molecule has 4 heteroatoms. The van der Waals surface area contributed by atoms with Crippen LogP contribution in [0.2, 0.25) is 0 Å². The molecule has 92 valence electrons. The quantitative estimate of drug-likeness (QED) is 0.770. The van der Waals surface area contributed by atoms with Crippen LogP contribution in [0.5, 0.6) is 0 Å². The van der Waals surface area contributed by atoms with E-state index in [9.17, 15) is 0 Å². The van der Waals surface area contributed by atoms with Crippen molar-refractivity contribution in [2.75, 3.05) is 13.1 Å². The molecule has 0 saturated heterocycles.